The Morgan fingerprint density at radius 1 is 1.44 bits per heavy atom. The average molecular weight is 255 g/mol. The van der Waals surface area contributed by atoms with E-state index in [2.05, 4.69) is 0 Å². The molecule has 1 rings (SSSR count). The van der Waals surface area contributed by atoms with E-state index in [0.29, 0.717) is 5.75 Å². The second-order valence-corrected chi connectivity index (χ2v) is 3.63. The maximum atomic E-state index is 12.0. The van der Waals surface area contributed by atoms with Gasteiger partial charge >= 0.3 is 6.18 Å². The van der Waals surface area contributed by atoms with Gasteiger partial charge in [-0.1, -0.05) is 17.7 Å². The predicted octanol–water partition coefficient (Wildman–Crippen LogP) is 3.33. The number of alkyl halides is 3. The molecule has 1 atom stereocenters. The maximum absolute atomic E-state index is 12.0. The van der Waals surface area contributed by atoms with Crippen molar-refractivity contribution < 1.29 is 23.0 Å². The molecule has 0 amide bonds. The zero-order chi connectivity index (χ0) is 12.3. The summed E-state index contributed by atoms with van der Waals surface area (Å²) in [4.78, 5) is 0. The van der Waals surface area contributed by atoms with Gasteiger partial charge in [0.05, 0.1) is 24.7 Å². The van der Waals surface area contributed by atoms with Crippen LogP contribution in [0, 0.1) is 0 Å². The summed E-state index contributed by atoms with van der Waals surface area (Å²) in [6, 6.07) is 4.12. The second-order valence-electron chi connectivity index (χ2n) is 3.22. The van der Waals surface area contributed by atoms with Gasteiger partial charge in [-0.3, -0.25) is 0 Å². The van der Waals surface area contributed by atoms with Crippen molar-refractivity contribution >= 4 is 11.6 Å². The van der Waals surface area contributed by atoms with E-state index in [0.717, 1.165) is 0 Å². The summed E-state index contributed by atoms with van der Waals surface area (Å²) in [5.74, 6) is 0.424. The van der Waals surface area contributed by atoms with Crippen LogP contribution in [0.15, 0.2) is 18.2 Å². The van der Waals surface area contributed by atoms with Crippen molar-refractivity contribution in [1.82, 2.24) is 0 Å². The molecule has 0 aromatic heterocycles. The highest BCUT2D eigenvalue weighted by atomic mass is 35.5. The first-order valence-corrected chi connectivity index (χ1v) is 4.79. The van der Waals surface area contributed by atoms with E-state index in [1.54, 1.807) is 0 Å². The Labute approximate surface area is 95.6 Å². The average Bonchev–Trinajstić information content (AvgIpc) is 2.14. The summed E-state index contributed by atoms with van der Waals surface area (Å²) >= 11 is 5.72. The Morgan fingerprint density at radius 2 is 2.06 bits per heavy atom. The van der Waals surface area contributed by atoms with Crippen molar-refractivity contribution in [3.8, 4) is 5.75 Å². The minimum atomic E-state index is -4.43. The molecule has 0 radical (unpaired) electrons. The number of ether oxygens (including phenoxy) is 1. The van der Waals surface area contributed by atoms with E-state index in [4.69, 9.17) is 16.3 Å². The fourth-order valence-corrected chi connectivity index (χ4v) is 1.53. The van der Waals surface area contributed by atoms with Gasteiger partial charge < -0.3 is 9.84 Å². The molecular weight excluding hydrogens is 245 g/mol. The Morgan fingerprint density at radius 3 is 2.50 bits per heavy atom. The van der Waals surface area contributed by atoms with E-state index in [-0.39, 0.29) is 10.6 Å². The fourth-order valence-electron chi connectivity index (χ4n) is 1.23. The SMILES string of the molecule is COc1ccc(C(O)CC(F)(F)F)c(Cl)c1. The zero-order valence-corrected chi connectivity index (χ0v) is 9.14. The number of hydrogen-bond donors (Lipinski definition) is 1. The molecule has 0 saturated carbocycles. The summed E-state index contributed by atoms with van der Waals surface area (Å²) in [6.07, 6.45) is -7.40. The normalized spacial score (nSPS) is 13.6. The third-order valence-electron chi connectivity index (χ3n) is 1.99. The van der Waals surface area contributed by atoms with Crippen LogP contribution in [0.3, 0.4) is 0 Å². The highest BCUT2D eigenvalue weighted by molar-refractivity contribution is 6.31. The lowest BCUT2D eigenvalue weighted by Gasteiger charge is -2.15. The minimum Gasteiger partial charge on any atom is -0.497 e. The van der Waals surface area contributed by atoms with E-state index < -0.39 is 18.7 Å². The van der Waals surface area contributed by atoms with Gasteiger partial charge in [-0.2, -0.15) is 13.2 Å². The molecule has 1 aromatic rings. The number of aliphatic hydroxyl groups is 1. The Balaban J connectivity index is 2.88. The monoisotopic (exact) mass is 254 g/mol. The largest absolute Gasteiger partial charge is 0.497 e. The molecular formula is C10H10ClF3O2. The molecule has 90 valence electrons. The molecule has 2 nitrogen and oxygen atoms in total. The summed E-state index contributed by atoms with van der Waals surface area (Å²) in [7, 11) is 1.41. The van der Waals surface area contributed by atoms with Crippen LogP contribution < -0.4 is 4.74 Å². The lowest BCUT2D eigenvalue weighted by atomic mass is 10.1. The zero-order valence-electron chi connectivity index (χ0n) is 8.38. The summed E-state index contributed by atoms with van der Waals surface area (Å²) in [5.41, 5.74) is 0.0415. The van der Waals surface area contributed by atoms with Crippen LogP contribution in [-0.2, 0) is 0 Å². The molecule has 0 bridgehead atoms. The lowest BCUT2D eigenvalue weighted by Crippen LogP contribution is -2.13. The molecule has 0 spiro atoms. The van der Waals surface area contributed by atoms with E-state index in [1.807, 2.05) is 0 Å². The smallest absolute Gasteiger partial charge is 0.391 e. The van der Waals surface area contributed by atoms with Gasteiger partial charge in [0.25, 0.3) is 0 Å². The van der Waals surface area contributed by atoms with Crippen molar-refractivity contribution in [2.75, 3.05) is 7.11 Å². The van der Waals surface area contributed by atoms with Crippen LogP contribution in [0.5, 0.6) is 5.75 Å². The standard InChI is InChI=1S/C10H10ClF3O2/c1-16-6-2-3-7(8(11)4-6)9(15)5-10(12,13)14/h2-4,9,15H,5H2,1H3. The van der Waals surface area contributed by atoms with Gasteiger partial charge in [-0.15, -0.1) is 0 Å². The molecule has 0 aliphatic rings. The Bertz CT molecular complexity index is 366. The fraction of sp³-hybridized carbons (Fsp3) is 0.400. The summed E-state index contributed by atoms with van der Waals surface area (Å²) in [6.45, 7) is 0. The Hall–Kier alpha value is -0.940. The highest BCUT2D eigenvalue weighted by Gasteiger charge is 2.32. The lowest BCUT2D eigenvalue weighted by molar-refractivity contribution is -0.154. The number of halogens is 4. The third-order valence-corrected chi connectivity index (χ3v) is 2.32. The highest BCUT2D eigenvalue weighted by Crippen LogP contribution is 2.34. The van der Waals surface area contributed by atoms with Crippen LogP contribution in [0.2, 0.25) is 5.02 Å². The first-order chi connectivity index (χ1) is 7.33. The molecule has 0 fully saturated rings. The van der Waals surface area contributed by atoms with Crippen molar-refractivity contribution in [2.45, 2.75) is 18.7 Å². The molecule has 1 N–H and O–H groups in total. The van der Waals surface area contributed by atoms with Crippen LogP contribution in [0.25, 0.3) is 0 Å². The van der Waals surface area contributed by atoms with Crippen LogP contribution in [0.4, 0.5) is 13.2 Å². The first kappa shape index (κ1) is 13.1. The first-order valence-electron chi connectivity index (χ1n) is 4.42. The number of methoxy groups -OCH3 is 1. The topological polar surface area (TPSA) is 29.5 Å². The van der Waals surface area contributed by atoms with Gasteiger partial charge in [0.15, 0.2) is 0 Å². The molecule has 16 heavy (non-hydrogen) atoms. The number of benzene rings is 1. The van der Waals surface area contributed by atoms with Crippen molar-refractivity contribution in [2.24, 2.45) is 0 Å². The molecule has 6 heteroatoms. The molecule has 0 aliphatic heterocycles. The second kappa shape index (κ2) is 4.93. The van der Waals surface area contributed by atoms with Crippen molar-refractivity contribution in [3.63, 3.8) is 0 Å². The van der Waals surface area contributed by atoms with E-state index in [1.165, 1.54) is 25.3 Å². The van der Waals surface area contributed by atoms with E-state index >= 15 is 0 Å². The molecule has 1 aromatic carbocycles. The van der Waals surface area contributed by atoms with Gasteiger partial charge in [-0.25, -0.2) is 0 Å². The maximum Gasteiger partial charge on any atom is 0.391 e. The predicted molar refractivity (Wildman–Crippen MR) is 53.6 cm³/mol. The summed E-state index contributed by atoms with van der Waals surface area (Å²) in [5, 5.41) is 9.41. The molecule has 0 aliphatic carbocycles. The van der Waals surface area contributed by atoms with Crippen LogP contribution in [0.1, 0.15) is 18.1 Å². The van der Waals surface area contributed by atoms with Crippen molar-refractivity contribution in [3.05, 3.63) is 28.8 Å². The number of rotatable bonds is 3. The quantitative estimate of drug-likeness (QED) is 0.896. The van der Waals surface area contributed by atoms with Gasteiger partial charge in [0.1, 0.15) is 5.75 Å². The van der Waals surface area contributed by atoms with E-state index in [9.17, 15) is 18.3 Å². The third kappa shape index (κ3) is 3.57. The Kier molecular flexibility index (Phi) is 4.04. The molecule has 0 saturated heterocycles. The minimum absolute atomic E-state index is 0.0415. The number of hydrogen-bond acceptors (Lipinski definition) is 2. The van der Waals surface area contributed by atoms with Crippen LogP contribution >= 0.6 is 11.6 Å². The van der Waals surface area contributed by atoms with Gasteiger partial charge in [0.2, 0.25) is 0 Å². The van der Waals surface area contributed by atoms with Crippen molar-refractivity contribution in [1.29, 1.82) is 0 Å². The number of aliphatic hydroxyl groups excluding tert-OH is 1. The van der Waals surface area contributed by atoms with Gasteiger partial charge in [0, 0.05) is 0 Å². The van der Waals surface area contributed by atoms with Gasteiger partial charge in [-0.05, 0) is 17.7 Å². The summed E-state index contributed by atoms with van der Waals surface area (Å²) < 4.78 is 41.0. The van der Waals surface area contributed by atoms with Crippen LogP contribution in [-0.4, -0.2) is 18.4 Å². The molecule has 1 unspecified atom stereocenters. The molecule has 0 heterocycles.